The number of hydrogen-bond donors (Lipinski definition) is 2. The molecular weight excluding hydrogens is 344 g/mol. The predicted molar refractivity (Wildman–Crippen MR) is 107 cm³/mol. The number of fused-ring (bicyclic) bond motifs is 1. The number of thiocarbonyl (C=S) groups is 1. The second-order valence-corrected chi connectivity index (χ2v) is 7.38. The van der Waals surface area contributed by atoms with Gasteiger partial charge in [0, 0.05) is 27.1 Å². The highest BCUT2D eigenvalue weighted by molar-refractivity contribution is 7.81. The van der Waals surface area contributed by atoms with E-state index < -0.39 is 0 Å². The van der Waals surface area contributed by atoms with Gasteiger partial charge in [-0.25, -0.2) is 0 Å². The van der Waals surface area contributed by atoms with E-state index in [1.165, 1.54) is 0 Å². The summed E-state index contributed by atoms with van der Waals surface area (Å²) in [6, 6.07) is 15.8. The van der Waals surface area contributed by atoms with Crippen LogP contribution in [0.4, 0.5) is 5.69 Å². The van der Waals surface area contributed by atoms with Crippen molar-refractivity contribution in [3.63, 3.8) is 0 Å². The largest absolute Gasteiger partial charge is 0.348 e. The van der Waals surface area contributed by atoms with E-state index in [1.807, 2.05) is 36.4 Å². The first-order valence-corrected chi connectivity index (χ1v) is 8.77. The quantitative estimate of drug-likeness (QED) is 0.594. The lowest BCUT2D eigenvalue weighted by Crippen LogP contribution is -2.25. The van der Waals surface area contributed by atoms with Gasteiger partial charge in [0.15, 0.2) is 0 Å². The number of thiol groups is 1. The van der Waals surface area contributed by atoms with Crippen LogP contribution in [-0.2, 0) is 0 Å². The molecule has 0 saturated carbocycles. The van der Waals surface area contributed by atoms with Crippen LogP contribution in [0.5, 0.6) is 0 Å². The fourth-order valence-electron chi connectivity index (χ4n) is 2.63. The molecule has 23 heavy (non-hydrogen) atoms. The van der Waals surface area contributed by atoms with Crippen molar-refractivity contribution in [2.45, 2.75) is 24.6 Å². The molecule has 1 aliphatic heterocycles. The number of nitrogens with one attached hydrogen (secondary N) is 1. The van der Waals surface area contributed by atoms with E-state index in [2.05, 4.69) is 37.0 Å². The van der Waals surface area contributed by atoms with Crippen LogP contribution in [0.15, 0.2) is 53.5 Å². The Bertz CT molecular complexity index is 757. The molecule has 2 aromatic carbocycles. The first-order chi connectivity index (χ1) is 11.0. The van der Waals surface area contributed by atoms with Gasteiger partial charge >= 0.3 is 0 Å². The third kappa shape index (κ3) is 3.77. The van der Waals surface area contributed by atoms with E-state index in [-0.39, 0.29) is 11.3 Å². The Morgan fingerprint density at radius 3 is 2.70 bits per heavy atom. The van der Waals surface area contributed by atoms with Crippen molar-refractivity contribution < 1.29 is 0 Å². The van der Waals surface area contributed by atoms with Crippen LogP contribution in [0.2, 0.25) is 5.02 Å². The van der Waals surface area contributed by atoms with Crippen molar-refractivity contribution in [2.24, 2.45) is 4.99 Å². The van der Waals surface area contributed by atoms with E-state index in [9.17, 15) is 0 Å². The maximum absolute atomic E-state index is 6.21. The van der Waals surface area contributed by atoms with Crippen molar-refractivity contribution in [3.8, 4) is 0 Å². The van der Waals surface area contributed by atoms with Gasteiger partial charge in [-0.15, -0.1) is 0 Å². The molecule has 0 aromatic heterocycles. The van der Waals surface area contributed by atoms with Crippen LogP contribution in [0.1, 0.15) is 24.5 Å². The Balaban J connectivity index is 2.16. The van der Waals surface area contributed by atoms with Gasteiger partial charge in [-0.1, -0.05) is 61.1 Å². The molecule has 1 N–H and O–H groups in total. The Kier molecular flexibility index (Phi) is 5.05. The number of nitrogens with zero attached hydrogens (tertiary/aromatic N) is 1. The summed E-state index contributed by atoms with van der Waals surface area (Å²) in [4.78, 5) is 5.68. The van der Waals surface area contributed by atoms with Crippen LogP contribution < -0.4 is 5.32 Å². The Hall–Kier alpha value is -1.36. The number of benzene rings is 2. The summed E-state index contributed by atoms with van der Waals surface area (Å²) in [6.45, 7) is 2.05. The van der Waals surface area contributed by atoms with E-state index in [0.29, 0.717) is 5.02 Å². The molecule has 2 atom stereocenters. The van der Waals surface area contributed by atoms with Crippen molar-refractivity contribution in [1.82, 2.24) is 0 Å². The summed E-state index contributed by atoms with van der Waals surface area (Å²) in [7, 11) is 0. The summed E-state index contributed by atoms with van der Waals surface area (Å²) in [5.74, 6) is 0. The van der Waals surface area contributed by atoms with Crippen molar-refractivity contribution in [2.75, 3.05) is 5.32 Å². The number of hydrogen-bond acceptors (Lipinski definition) is 3. The van der Waals surface area contributed by atoms with Crippen molar-refractivity contribution >= 4 is 52.8 Å². The maximum atomic E-state index is 6.21. The molecule has 0 saturated heterocycles. The monoisotopic (exact) mass is 360 g/mol. The highest BCUT2D eigenvalue weighted by Crippen LogP contribution is 2.28. The molecule has 0 aliphatic carbocycles. The maximum Gasteiger partial charge on any atom is 0.105 e. The topological polar surface area (TPSA) is 24.4 Å². The highest BCUT2D eigenvalue weighted by atomic mass is 35.5. The van der Waals surface area contributed by atoms with Gasteiger partial charge < -0.3 is 5.32 Å². The highest BCUT2D eigenvalue weighted by Gasteiger charge is 2.24. The Labute approximate surface area is 152 Å². The number of anilines is 1. The summed E-state index contributed by atoms with van der Waals surface area (Å²) < 4.78 is 0. The Morgan fingerprint density at radius 2 is 2.00 bits per heavy atom. The number of halogens is 1. The lowest BCUT2D eigenvalue weighted by atomic mass is 10.0. The molecule has 5 heteroatoms. The number of benzodiazepines with no additional fused rings is 1. The lowest BCUT2D eigenvalue weighted by molar-refractivity contribution is 0.756. The molecule has 0 amide bonds. The third-order valence-corrected chi connectivity index (χ3v) is 4.51. The van der Waals surface area contributed by atoms with Gasteiger partial charge in [0.05, 0.1) is 5.71 Å². The van der Waals surface area contributed by atoms with E-state index in [1.54, 1.807) is 0 Å². The summed E-state index contributed by atoms with van der Waals surface area (Å²) in [5.41, 5.74) is 3.88. The van der Waals surface area contributed by atoms with E-state index in [0.717, 1.165) is 33.9 Å². The van der Waals surface area contributed by atoms with Gasteiger partial charge in [-0.2, -0.15) is 12.6 Å². The van der Waals surface area contributed by atoms with Crippen LogP contribution in [0.3, 0.4) is 0 Å². The minimum atomic E-state index is -0.0983. The molecule has 3 rings (SSSR count). The van der Waals surface area contributed by atoms with Crippen molar-refractivity contribution in [3.05, 3.63) is 64.7 Å². The average Bonchev–Trinajstić information content (AvgIpc) is 2.65. The zero-order chi connectivity index (χ0) is 16.4. The fourth-order valence-corrected chi connectivity index (χ4v) is 3.26. The van der Waals surface area contributed by atoms with Crippen LogP contribution in [0, 0.1) is 0 Å². The molecule has 1 heterocycles. The number of rotatable bonds is 3. The molecule has 1 unspecified atom stereocenters. The molecule has 2 aromatic rings. The number of aliphatic imine (C=N–C) groups is 1. The molecule has 0 spiro atoms. The molecule has 0 fully saturated rings. The summed E-state index contributed by atoms with van der Waals surface area (Å²) in [6.07, 6.45) is 0.785. The predicted octanol–water partition coefficient (Wildman–Crippen LogP) is 5.01. The van der Waals surface area contributed by atoms with Crippen molar-refractivity contribution in [1.29, 1.82) is 0 Å². The standard InChI is InChI=1S/C18H17ClN2S2/c1-11(22)9-16-18(23)21-15-8-7-13(19)10-14(15)17(20-16)12-5-3-2-4-6-12/h2-8,10-11,16,22H,9H2,1H3,(H,21,23)/t11?,16-/m0/s1. The molecule has 2 nitrogen and oxygen atoms in total. The first-order valence-electron chi connectivity index (χ1n) is 7.46. The minimum absolute atomic E-state index is 0.0983. The van der Waals surface area contributed by atoms with Gasteiger partial charge in [-0.3, -0.25) is 4.99 Å². The first kappa shape index (κ1) is 16.5. The summed E-state index contributed by atoms with van der Waals surface area (Å²) >= 11 is 16.3. The van der Waals surface area contributed by atoms with Gasteiger partial charge in [0.2, 0.25) is 0 Å². The second-order valence-electron chi connectivity index (χ2n) is 5.62. The zero-order valence-electron chi connectivity index (χ0n) is 12.7. The lowest BCUT2D eigenvalue weighted by Gasteiger charge is -2.15. The van der Waals surface area contributed by atoms with E-state index >= 15 is 0 Å². The smallest absolute Gasteiger partial charge is 0.105 e. The third-order valence-electron chi connectivity index (χ3n) is 3.69. The van der Waals surface area contributed by atoms with Gasteiger partial charge in [0.1, 0.15) is 11.0 Å². The molecule has 0 radical (unpaired) electrons. The van der Waals surface area contributed by atoms with Crippen LogP contribution in [0.25, 0.3) is 0 Å². The van der Waals surface area contributed by atoms with Crippen LogP contribution in [-0.4, -0.2) is 22.0 Å². The van der Waals surface area contributed by atoms with E-state index in [4.69, 9.17) is 28.8 Å². The average molecular weight is 361 g/mol. The molecule has 118 valence electrons. The fraction of sp³-hybridized carbons (Fsp3) is 0.222. The molecule has 0 bridgehead atoms. The zero-order valence-corrected chi connectivity index (χ0v) is 15.1. The minimum Gasteiger partial charge on any atom is -0.348 e. The normalized spacial score (nSPS) is 18.5. The SMILES string of the molecule is CC(S)C[C@@H]1N=C(c2ccccc2)c2cc(Cl)ccc2NC1=S. The molecule has 1 aliphatic rings. The van der Waals surface area contributed by atoms with Gasteiger partial charge in [-0.05, 0) is 24.6 Å². The second kappa shape index (κ2) is 7.04. The summed E-state index contributed by atoms with van der Waals surface area (Å²) in [5, 5.41) is 4.22. The Morgan fingerprint density at radius 1 is 1.26 bits per heavy atom. The van der Waals surface area contributed by atoms with Crippen LogP contribution >= 0.6 is 36.4 Å². The molecular formula is C18H17ClN2S2. The van der Waals surface area contributed by atoms with Gasteiger partial charge in [0.25, 0.3) is 0 Å².